The van der Waals surface area contributed by atoms with Crippen molar-refractivity contribution >= 4 is 0 Å². The zero-order chi connectivity index (χ0) is 8.10. The molecule has 3 heteroatoms. The van der Waals surface area contributed by atoms with Crippen molar-refractivity contribution in [3.8, 4) is 0 Å². The van der Waals surface area contributed by atoms with E-state index < -0.39 is 0 Å². The lowest BCUT2D eigenvalue weighted by Gasteiger charge is -2.13. The van der Waals surface area contributed by atoms with Crippen LogP contribution in [0.4, 0.5) is 0 Å². The number of hydrogen-bond donors (Lipinski definition) is 2. The number of β-amino-alcohol motifs (C(OH)–C–C–N with tert-alkyl or cyclic N) is 1. The molecule has 1 atom stereocenters. The molecule has 66 valence electrons. The Bertz CT molecular complexity index is 108. The van der Waals surface area contributed by atoms with Gasteiger partial charge < -0.3 is 15.7 Å². The Hall–Kier alpha value is -0.120. The summed E-state index contributed by atoms with van der Waals surface area (Å²) in [5.74, 6) is 0. The van der Waals surface area contributed by atoms with Crippen LogP contribution in [0.15, 0.2) is 0 Å². The third kappa shape index (κ3) is 3.18. The van der Waals surface area contributed by atoms with Crippen LogP contribution < -0.4 is 5.73 Å². The minimum atomic E-state index is -0.0760. The Morgan fingerprint density at radius 3 is 2.82 bits per heavy atom. The Labute approximate surface area is 68.2 Å². The lowest BCUT2D eigenvalue weighted by molar-refractivity contribution is 0.176. The van der Waals surface area contributed by atoms with E-state index in [1.807, 2.05) is 0 Å². The van der Waals surface area contributed by atoms with Crippen LogP contribution >= 0.6 is 0 Å². The van der Waals surface area contributed by atoms with Crippen LogP contribution in [0.1, 0.15) is 19.3 Å². The molecular weight excluding hydrogens is 140 g/mol. The summed E-state index contributed by atoms with van der Waals surface area (Å²) in [6, 6.07) is 0. The van der Waals surface area contributed by atoms with E-state index in [1.54, 1.807) is 0 Å². The highest BCUT2D eigenvalue weighted by Gasteiger charge is 2.18. The molecule has 0 radical (unpaired) electrons. The maximum absolute atomic E-state index is 9.19. The number of aliphatic hydroxyl groups is 1. The quantitative estimate of drug-likeness (QED) is 0.557. The van der Waals surface area contributed by atoms with Gasteiger partial charge in [0.15, 0.2) is 0 Å². The minimum Gasteiger partial charge on any atom is -0.392 e. The van der Waals surface area contributed by atoms with Crippen molar-refractivity contribution in [1.82, 2.24) is 4.90 Å². The molecule has 1 aliphatic heterocycles. The summed E-state index contributed by atoms with van der Waals surface area (Å²) >= 11 is 0. The molecule has 0 aromatic rings. The van der Waals surface area contributed by atoms with Crippen molar-refractivity contribution in [2.75, 3.05) is 26.2 Å². The van der Waals surface area contributed by atoms with E-state index in [2.05, 4.69) is 4.90 Å². The normalized spacial score (nSPS) is 26.2. The fourth-order valence-electron chi connectivity index (χ4n) is 1.50. The topological polar surface area (TPSA) is 49.5 Å². The Morgan fingerprint density at radius 1 is 1.45 bits per heavy atom. The molecule has 0 saturated carbocycles. The summed E-state index contributed by atoms with van der Waals surface area (Å²) in [5, 5.41) is 9.19. The van der Waals surface area contributed by atoms with Crippen molar-refractivity contribution in [2.24, 2.45) is 5.73 Å². The highest BCUT2D eigenvalue weighted by atomic mass is 16.3. The second-order valence-corrected chi connectivity index (χ2v) is 3.24. The van der Waals surface area contributed by atoms with Crippen LogP contribution in [0.5, 0.6) is 0 Å². The van der Waals surface area contributed by atoms with Gasteiger partial charge in [-0.1, -0.05) is 0 Å². The molecule has 3 nitrogen and oxygen atoms in total. The first-order valence-corrected chi connectivity index (χ1v) is 4.43. The van der Waals surface area contributed by atoms with Crippen LogP contribution in [-0.2, 0) is 0 Å². The molecule has 0 amide bonds. The lowest BCUT2D eigenvalue weighted by Crippen LogP contribution is -2.23. The van der Waals surface area contributed by atoms with Crippen molar-refractivity contribution < 1.29 is 5.11 Å². The summed E-state index contributed by atoms with van der Waals surface area (Å²) in [7, 11) is 0. The van der Waals surface area contributed by atoms with Crippen LogP contribution in [0.2, 0.25) is 0 Å². The van der Waals surface area contributed by atoms with Gasteiger partial charge in [0, 0.05) is 13.1 Å². The summed E-state index contributed by atoms with van der Waals surface area (Å²) < 4.78 is 0. The number of aliphatic hydroxyl groups excluding tert-OH is 1. The molecule has 1 aliphatic rings. The van der Waals surface area contributed by atoms with Gasteiger partial charge in [-0.15, -0.1) is 0 Å². The monoisotopic (exact) mass is 158 g/mol. The first-order chi connectivity index (χ1) is 5.33. The van der Waals surface area contributed by atoms with E-state index in [9.17, 15) is 5.11 Å². The number of likely N-dealkylation sites (tertiary alicyclic amines) is 1. The highest BCUT2D eigenvalue weighted by Crippen LogP contribution is 2.08. The van der Waals surface area contributed by atoms with Gasteiger partial charge in [-0.05, 0) is 32.4 Å². The molecule has 11 heavy (non-hydrogen) atoms. The molecule has 3 N–H and O–H groups in total. The summed E-state index contributed by atoms with van der Waals surface area (Å²) in [6.07, 6.45) is 3.14. The summed E-state index contributed by atoms with van der Waals surface area (Å²) in [5.41, 5.74) is 5.37. The van der Waals surface area contributed by atoms with E-state index >= 15 is 0 Å². The average Bonchev–Trinajstić information content (AvgIpc) is 2.37. The second kappa shape index (κ2) is 4.70. The Kier molecular flexibility index (Phi) is 3.83. The molecule has 0 aliphatic carbocycles. The average molecular weight is 158 g/mol. The van der Waals surface area contributed by atoms with Crippen LogP contribution in [0, 0.1) is 0 Å². The molecule has 0 aromatic carbocycles. The fourth-order valence-corrected chi connectivity index (χ4v) is 1.50. The number of rotatable bonds is 4. The van der Waals surface area contributed by atoms with Crippen molar-refractivity contribution in [2.45, 2.75) is 25.4 Å². The van der Waals surface area contributed by atoms with Gasteiger partial charge in [-0.2, -0.15) is 0 Å². The van der Waals surface area contributed by atoms with Gasteiger partial charge in [0.2, 0.25) is 0 Å². The van der Waals surface area contributed by atoms with Gasteiger partial charge in [-0.25, -0.2) is 0 Å². The summed E-state index contributed by atoms with van der Waals surface area (Å²) in [4.78, 5) is 2.31. The second-order valence-electron chi connectivity index (χ2n) is 3.24. The van der Waals surface area contributed by atoms with Gasteiger partial charge in [0.25, 0.3) is 0 Å². The zero-order valence-corrected chi connectivity index (χ0v) is 7.00. The molecule has 1 saturated heterocycles. The highest BCUT2D eigenvalue weighted by molar-refractivity contribution is 4.73. The van der Waals surface area contributed by atoms with E-state index in [1.165, 1.54) is 6.42 Å². The SMILES string of the molecule is NCCCCN1CC[C@@H](O)C1. The van der Waals surface area contributed by atoms with Crippen LogP contribution in [0.3, 0.4) is 0 Å². The van der Waals surface area contributed by atoms with E-state index in [0.717, 1.165) is 39.0 Å². The molecule has 1 rings (SSSR count). The number of nitrogens with two attached hydrogens (primary N) is 1. The van der Waals surface area contributed by atoms with E-state index in [-0.39, 0.29) is 6.10 Å². The largest absolute Gasteiger partial charge is 0.392 e. The number of hydrogen-bond acceptors (Lipinski definition) is 3. The number of nitrogens with zero attached hydrogens (tertiary/aromatic N) is 1. The molecule has 0 spiro atoms. The van der Waals surface area contributed by atoms with Gasteiger partial charge in [-0.3, -0.25) is 0 Å². The first kappa shape index (κ1) is 8.97. The number of unbranched alkanes of at least 4 members (excludes halogenated alkanes) is 1. The standard InChI is InChI=1S/C8H18N2O/c9-4-1-2-5-10-6-3-8(11)7-10/h8,11H,1-7,9H2/t8-/m1/s1. The smallest absolute Gasteiger partial charge is 0.0679 e. The van der Waals surface area contributed by atoms with E-state index in [0.29, 0.717) is 0 Å². The first-order valence-electron chi connectivity index (χ1n) is 4.43. The fraction of sp³-hybridized carbons (Fsp3) is 1.00. The van der Waals surface area contributed by atoms with Crippen LogP contribution in [0.25, 0.3) is 0 Å². The maximum atomic E-state index is 9.19. The predicted molar refractivity (Wildman–Crippen MR) is 45.4 cm³/mol. The molecule has 0 unspecified atom stereocenters. The van der Waals surface area contributed by atoms with Gasteiger partial charge >= 0.3 is 0 Å². The predicted octanol–water partition coefficient (Wildman–Crippen LogP) is -0.208. The van der Waals surface area contributed by atoms with Gasteiger partial charge in [0.1, 0.15) is 0 Å². The molecule has 1 fully saturated rings. The van der Waals surface area contributed by atoms with Crippen molar-refractivity contribution in [3.63, 3.8) is 0 Å². The van der Waals surface area contributed by atoms with E-state index in [4.69, 9.17) is 5.73 Å². The van der Waals surface area contributed by atoms with Crippen molar-refractivity contribution in [1.29, 1.82) is 0 Å². The zero-order valence-electron chi connectivity index (χ0n) is 7.00. The molecule has 0 aromatic heterocycles. The van der Waals surface area contributed by atoms with Gasteiger partial charge in [0.05, 0.1) is 6.10 Å². The third-order valence-corrected chi connectivity index (χ3v) is 2.18. The molecule has 0 bridgehead atoms. The minimum absolute atomic E-state index is 0.0760. The third-order valence-electron chi connectivity index (χ3n) is 2.18. The van der Waals surface area contributed by atoms with Crippen molar-refractivity contribution in [3.05, 3.63) is 0 Å². The Balaban J connectivity index is 1.99. The lowest BCUT2D eigenvalue weighted by atomic mass is 10.3. The Morgan fingerprint density at radius 2 is 2.27 bits per heavy atom. The summed E-state index contributed by atoms with van der Waals surface area (Å²) in [6.45, 7) is 3.82. The maximum Gasteiger partial charge on any atom is 0.0679 e. The molecule has 1 heterocycles. The molecular formula is C8H18N2O. The van der Waals surface area contributed by atoms with Crippen LogP contribution in [-0.4, -0.2) is 42.3 Å².